The molecular formula is C18H22ClNO. The average molecular weight is 304 g/mol. The van der Waals surface area contributed by atoms with E-state index in [4.69, 9.17) is 16.3 Å². The van der Waals surface area contributed by atoms with Gasteiger partial charge >= 0.3 is 0 Å². The fourth-order valence-corrected chi connectivity index (χ4v) is 2.37. The van der Waals surface area contributed by atoms with Crippen molar-refractivity contribution < 1.29 is 4.74 Å². The monoisotopic (exact) mass is 303 g/mol. The van der Waals surface area contributed by atoms with E-state index < -0.39 is 0 Å². The molecule has 2 nitrogen and oxygen atoms in total. The summed E-state index contributed by atoms with van der Waals surface area (Å²) in [6, 6.07) is 12.5. The molecule has 2 aromatic carbocycles. The van der Waals surface area contributed by atoms with Crippen LogP contribution in [0, 0.1) is 5.92 Å². The summed E-state index contributed by atoms with van der Waals surface area (Å²) in [5, 5.41) is 5.97. The van der Waals surface area contributed by atoms with E-state index in [1.807, 2.05) is 6.07 Å². The van der Waals surface area contributed by atoms with Crippen LogP contribution < -0.4 is 10.1 Å². The van der Waals surface area contributed by atoms with Gasteiger partial charge in [-0.1, -0.05) is 55.8 Å². The highest BCUT2D eigenvalue weighted by Gasteiger charge is 2.08. The molecule has 2 aromatic rings. The van der Waals surface area contributed by atoms with Gasteiger partial charge in [0.15, 0.2) is 0 Å². The Hall–Kier alpha value is -1.51. The van der Waals surface area contributed by atoms with Gasteiger partial charge in [-0.3, -0.25) is 0 Å². The van der Waals surface area contributed by atoms with Crippen LogP contribution in [0.3, 0.4) is 0 Å². The van der Waals surface area contributed by atoms with E-state index in [0.717, 1.165) is 18.8 Å². The highest BCUT2D eigenvalue weighted by atomic mass is 35.5. The molecule has 0 aromatic heterocycles. The summed E-state index contributed by atoms with van der Waals surface area (Å²) in [5.74, 6) is 1.54. The summed E-state index contributed by atoms with van der Waals surface area (Å²) >= 11 is 5.55. The smallest absolute Gasteiger partial charge is 0.124 e. The Morgan fingerprint density at radius 1 is 1.19 bits per heavy atom. The van der Waals surface area contributed by atoms with Crippen LogP contribution in [0.1, 0.15) is 19.4 Å². The average Bonchev–Trinajstić information content (AvgIpc) is 2.48. The van der Waals surface area contributed by atoms with Crippen molar-refractivity contribution in [3.63, 3.8) is 0 Å². The zero-order chi connectivity index (χ0) is 15.1. The fourth-order valence-electron chi connectivity index (χ4n) is 2.29. The number of nitrogens with one attached hydrogen (secondary N) is 1. The topological polar surface area (TPSA) is 21.3 Å². The predicted octanol–water partition coefficient (Wildman–Crippen LogP) is 4.72. The number of hydrogen-bond donors (Lipinski definition) is 1. The van der Waals surface area contributed by atoms with Crippen molar-refractivity contribution in [3.05, 3.63) is 53.6 Å². The first-order valence-electron chi connectivity index (χ1n) is 7.31. The first-order chi connectivity index (χ1) is 10.2. The molecule has 112 valence electrons. The van der Waals surface area contributed by atoms with E-state index in [1.165, 1.54) is 21.9 Å². The highest BCUT2D eigenvalue weighted by molar-refractivity contribution is 6.25. The summed E-state index contributed by atoms with van der Waals surface area (Å²) in [4.78, 5) is 0. The molecule has 0 atom stereocenters. The minimum absolute atomic E-state index is 0.485. The summed E-state index contributed by atoms with van der Waals surface area (Å²) in [6.07, 6.45) is 1.79. The lowest BCUT2D eigenvalue weighted by atomic mass is 10.0. The quantitative estimate of drug-likeness (QED) is 0.799. The maximum atomic E-state index is 5.83. The molecule has 0 amide bonds. The molecule has 21 heavy (non-hydrogen) atoms. The summed E-state index contributed by atoms with van der Waals surface area (Å²) in [7, 11) is 0. The summed E-state index contributed by atoms with van der Waals surface area (Å²) in [6.45, 7) is 6.69. The molecule has 1 N–H and O–H groups in total. The maximum absolute atomic E-state index is 5.83. The van der Waals surface area contributed by atoms with Crippen molar-refractivity contribution in [1.82, 2.24) is 5.32 Å². The fraction of sp³-hybridized carbons (Fsp3) is 0.333. The van der Waals surface area contributed by atoms with Crippen LogP contribution in [0.2, 0.25) is 0 Å². The maximum Gasteiger partial charge on any atom is 0.124 e. The molecule has 0 aliphatic carbocycles. The minimum Gasteiger partial charge on any atom is -0.489 e. The molecule has 0 saturated carbocycles. The van der Waals surface area contributed by atoms with Gasteiger partial charge in [-0.25, -0.2) is 0 Å². The number of rotatable bonds is 7. The molecule has 0 fully saturated rings. The molecule has 0 aliphatic heterocycles. The molecule has 0 saturated heterocycles. The second kappa shape index (κ2) is 8.06. The number of ether oxygens (including phenoxy) is 1. The molecule has 0 radical (unpaired) electrons. The van der Waals surface area contributed by atoms with Gasteiger partial charge in [-0.15, -0.1) is 0 Å². The number of benzene rings is 2. The lowest BCUT2D eigenvalue weighted by Gasteiger charge is -2.15. The van der Waals surface area contributed by atoms with E-state index in [-0.39, 0.29) is 0 Å². The van der Waals surface area contributed by atoms with Gasteiger partial charge in [0.05, 0.1) is 0 Å². The Morgan fingerprint density at radius 3 is 2.76 bits per heavy atom. The molecule has 3 heteroatoms. The SMILES string of the molecule is CC(C)CNCc1c(OCC=CCl)ccc2ccccc12. The van der Waals surface area contributed by atoms with Gasteiger partial charge in [-0.05, 0) is 35.4 Å². The van der Waals surface area contributed by atoms with Crippen molar-refractivity contribution in [2.24, 2.45) is 5.92 Å². The molecule has 2 rings (SSSR count). The zero-order valence-corrected chi connectivity index (χ0v) is 13.4. The Kier molecular flexibility index (Phi) is 6.09. The highest BCUT2D eigenvalue weighted by Crippen LogP contribution is 2.28. The predicted molar refractivity (Wildman–Crippen MR) is 91.0 cm³/mol. The van der Waals surface area contributed by atoms with Gasteiger partial charge in [0.1, 0.15) is 12.4 Å². The Bertz CT molecular complexity index is 607. The van der Waals surface area contributed by atoms with E-state index in [0.29, 0.717) is 12.5 Å². The Morgan fingerprint density at radius 2 is 2.00 bits per heavy atom. The minimum atomic E-state index is 0.485. The number of halogens is 1. The van der Waals surface area contributed by atoms with Crippen LogP contribution in [-0.2, 0) is 6.54 Å². The van der Waals surface area contributed by atoms with Crippen LogP contribution in [0.15, 0.2) is 48.0 Å². The van der Waals surface area contributed by atoms with Crippen molar-refractivity contribution in [3.8, 4) is 5.75 Å². The van der Waals surface area contributed by atoms with Gasteiger partial charge < -0.3 is 10.1 Å². The number of fused-ring (bicyclic) bond motifs is 1. The lowest BCUT2D eigenvalue weighted by molar-refractivity contribution is 0.358. The van der Waals surface area contributed by atoms with Crippen LogP contribution in [-0.4, -0.2) is 13.2 Å². The summed E-state index contributed by atoms with van der Waals surface area (Å²) < 4.78 is 5.83. The van der Waals surface area contributed by atoms with Gasteiger partial charge in [-0.2, -0.15) is 0 Å². The van der Waals surface area contributed by atoms with E-state index in [1.54, 1.807) is 6.08 Å². The Labute approximate surface area is 131 Å². The van der Waals surface area contributed by atoms with Crippen molar-refractivity contribution in [2.75, 3.05) is 13.2 Å². The first kappa shape index (κ1) is 15.9. The van der Waals surface area contributed by atoms with E-state index in [2.05, 4.69) is 49.5 Å². The van der Waals surface area contributed by atoms with Crippen LogP contribution >= 0.6 is 11.6 Å². The molecule has 0 spiro atoms. The molecule has 0 aliphatic rings. The van der Waals surface area contributed by atoms with E-state index >= 15 is 0 Å². The standard InChI is InChI=1S/C18H22ClNO/c1-14(2)12-20-13-17-16-7-4-3-6-15(16)8-9-18(17)21-11-5-10-19/h3-10,14,20H,11-13H2,1-2H3. The van der Waals surface area contributed by atoms with Crippen molar-refractivity contribution in [1.29, 1.82) is 0 Å². The largest absolute Gasteiger partial charge is 0.489 e. The molecule has 0 heterocycles. The van der Waals surface area contributed by atoms with Crippen LogP contribution in [0.5, 0.6) is 5.75 Å². The second-order valence-corrected chi connectivity index (χ2v) is 5.71. The normalized spacial score (nSPS) is 11.6. The molecule has 0 bridgehead atoms. The third-order valence-corrected chi connectivity index (χ3v) is 3.45. The Balaban J connectivity index is 2.27. The zero-order valence-electron chi connectivity index (χ0n) is 12.6. The first-order valence-corrected chi connectivity index (χ1v) is 7.75. The van der Waals surface area contributed by atoms with E-state index in [9.17, 15) is 0 Å². The second-order valence-electron chi connectivity index (χ2n) is 5.46. The molecule has 0 unspecified atom stereocenters. The van der Waals surface area contributed by atoms with Gasteiger partial charge in [0, 0.05) is 17.6 Å². The van der Waals surface area contributed by atoms with Gasteiger partial charge in [0.25, 0.3) is 0 Å². The number of hydrogen-bond acceptors (Lipinski definition) is 2. The van der Waals surface area contributed by atoms with Crippen LogP contribution in [0.25, 0.3) is 10.8 Å². The van der Waals surface area contributed by atoms with Crippen molar-refractivity contribution in [2.45, 2.75) is 20.4 Å². The molecular weight excluding hydrogens is 282 g/mol. The van der Waals surface area contributed by atoms with Gasteiger partial charge in [0.2, 0.25) is 0 Å². The van der Waals surface area contributed by atoms with Crippen molar-refractivity contribution >= 4 is 22.4 Å². The lowest BCUT2D eigenvalue weighted by Crippen LogP contribution is -2.19. The van der Waals surface area contributed by atoms with Crippen LogP contribution in [0.4, 0.5) is 0 Å². The third-order valence-electron chi connectivity index (χ3n) is 3.28. The summed E-state index contributed by atoms with van der Waals surface area (Å²) in [5.41, 5.74) is 2.69. The third kappa shape index (κ3) is 4.48.